The smallest absolute Gasteiger partial charge is 0.350 e. The Hall–Kier alpha value is -1.88. The molecule has 2 aromatic rings. The number of nitrogen functional groups attached to an aromatic ring is 1. The zero-order valence-electron chi connectivity index (χ0n) is 11.3. The quantitative estimate of drug-likeness (QED) is 0.691. The van der Waals surface area contributed by atoms with Crippen molar-refractivity contribution < 1.29 is 9.53 Å². The van der Waals surface area contributed by atoms with Crippen molar-refractivity contribution in [2.75, 3.05) is 12.3 Å². The maximum Gasteiger partial charge on any atom is 0.350 e. The van der Waals surface area contributed by atoms with Crippen molar-refractivity contribution in [3.8, 4) is 10.6 Å². The molecule has 0 saturated heterocycles. The van der Waals surface area contributed by atoms with E-state index in [9.17, 15) is 4.79 Å². The van der Waals surface area contributed by atoms with Gasteiger partial charge in [-0.2, -0.15) is 0 Å². The van der Waals surface area contributed by atoms with E-state index in [1.807, 2.05) is 31.2 Å². The highest BCUT2D eigenvalue weighted by atomic mass is 32.1. The van der Waals surface area contributed by atoms with E-state index in [2.05, 4.69) is 4.98 Å². The minimum Gasteiger partial charge on any atom is -0.462 e. The first-order chi connectivity index (χ1) is 9.69. The SMILES string of the molecule is CCOC(=O)c1sc(-c2cccc(N)c2)nc1C1CC1. The highest BCUT2D eigenvalue weighted by Gasteiger charge is 2.32. The minimum absolute atomic E-state index is 0.262. The molecule has 0 amide bonds. The molecule has 0 aliphatic heterocycles. The van der Waals surface area contributed by atoms with Crippen LogP contribution in [0.1, 0.15) is 41.0 Å². The number of esters is 1. The van der Waals surface area contributed by atoms with E-state index in [1.54, 1.807) is 0 Å². The van der Waals surface area contributed by atoms with Gasteiger partial charge in [-0.25, -0.2) is 9.78 Å². The van der Waals surface area contributed by atoms with Crippen LogP contribution in [-0.2, 0) is 4.74 Å². The fourth-order valence-electron chi connectivity index (χ4n) is 2.10. The lowest BCUT2D eigenvalue weighted by molar-refractivity contribution is 0.0530. The molecular formula is C15H16N2O2S. The molecule has 1 aliphatic rings. The molecule has 1 fully saturated rings. The fourth-order valence-corrected chi connectivity index (χ4v) is 3.14. The predicted molar refractivity (Wildman–Crippen MR) is 79.9 cm³/mol. The standard InChI is InChI=1S/C15H16N2O2S/c1-2-19-15(18)13-12(9-6-7-9)17-14(20-13)10-4-3-5-11(16)8-10/h3-5,8-9H,2,6-7,16H2,1H3. The third-order valence-corrected chi connectivity index (χ3v) is 4.31. The largest absolute Gasteiger partial charge is 0.462 e. The molecule has 0 atom stereocenters. The Bertz CT molecular complexity index is 647. The fraction of sp³-hybridized carbons (Fsp3) is 0.333. The van der Waals surface area contributed by atoms with Crippen molar-refractivity contribution in [2.45, 2.75) is 25.7 Å². The van der Waals surface area contributed by atoms with E-state index in [1.165, 1.54) is 11.3 Å². The zero-order valence-corrected chi connectivity index (χ0v) is 12.1. The van der Waals surface area contributed by atoms with Gasteiger partial charge in [0.15, 0.2) is 0 Å². The molecule has 3 rings (SSSR count). The van der Waals surface area contributed by atoms with Crippen LogP contribution in [0.4, 0.5) is 5.69 Å². The Kier molecular flexibility index (Phi) is 3.44. The Morgan fingerprint density at radius 2 is 2.30 bits per heavy atom. The zero-order chi connectivity index (χ0) is 14.1. The van der Waals surface area contributed by atoms with Crippen LogP contribution in [-0.4, -0.2) is 17.6 Å². The van der Waals surface area contributed by atoms with E-state index in [4.69, 9.17) is 10.5 Å². The van der Waals surface area contributed by atoms with Gasteiger partial charge >= 0.3 is 5.97 Å². The van der Waals surface area contributed by atoms with Crippen molar-refractivity contribution in [3.63, 3.8) is 0 Å². The molecule has 1 aromatic heterocycles. The number of benzene rings is 1. The lowest BCUT2D eigenvalue weighted by Crippen LogP contribution is -2.05. The summed E-state index contributed by atoms with van der Waals surface area (Å²) in [6.07, 6.45) is 2.21. The third kappa shape index (κ3) is 2.54. The summed E-state index contributed by atoms with van der Waals surface area (Å²) in [6.45, 7) is 2.20. The second kappa shape index (κ2) is 5.25. The van der Waals surface area contributed by atoms with E-state index in [0.717, 1.165) is 29.1 Å². The first-order valence-electron chi connectivity index (χ1n) is 6.72. The van der Waals surface area contributed by atoms with Gasteiger partial charge in [-0.15, -0.1) is 11.3 Å². The Balaban J connectivity index is 2.00. The van der Waals surface area contributed by atoms with Gasteiger partial charge in [0.1, 0.15) is 9.88 Å². The molecular weight excluding hydrogens is 272 g/mol. The first kappa shape index (κ1) is 13.1. The summed E-state index contributed by atoms with van der Waals surface area (Å²) in [5.41, 5.74) is 8.35. The third-order valence-electron chi connectivity index (χ3n) is 3.21. The van der Waals surface area contributed by atoms with Crippen LogP contribution in [0.3, 0.4) is 0 Å². The highest BCUT2D eigenvalue weighted by molar-refractivity contribution is 7.17. The number of thiazole rings is 1. The summed E-state index contributed by atoms with van der Waals surface area (Å²) >= 11 is 1.40. The normalized spacial score (nSPS) is 14.2. The predicted octanol–water partition coefficient (Wildman–Crippen LogP) is 3.45. The number of rotatable bonds is 4. The molecule has 0 unspecified atom stereocenters. The second-order valence-electron chi connectivity index (χ2n) is 4.85. The topological polar surface area (TPSA) is 65.2 Å². The summed E-state index contributed by atoms with van der Waals surface area (Å²) in [6, 6.07) is 7.57. The molecule has 104 valence electrons. The molecule has 1 aliphatic carbocycles. The van der Waals surface area contributed by atoms with Crippen LogP contribution in [0.25, 0.3) is 10.6 Å². The molecule has 0 bridgehead atoms. The van der Waals surface area contributed by atoms with Gasteiger partial charge in [0, 0.05) is 17.2 Å². The summed E-state index contributed by atoms with van der Waals surface area (Å²) in [5, 5.41) is 0.835. The van der Waals surface area contributed by atoms with Gasteiger partial charge in [0.25, 0.3) is 0 Å². The average Bonchev–Trinajstić information content (AvgIpc) is 3.18. The molecule has 1 aromatic carbocycles. The maximum absolute atomic E-state index is 12.0. The molecule has 4 nitrogen and oxygen atoms in total. The Labute approximate surface area is 121 Å². The lowest BCUT2D eigenvalue weighted by atomic mass is 10.2. The summed E-state index contributed by atoms with van der Waals surface area (Å²) < 4.78 is 5.13. The van der Waals surface area contributed by atoms with Gasteiger partial charge in [-0.05, 0) is 31.9 Å². The van der Waals surface area contributed by atoms with Gasteiger partial charge < -0.3 is 10.5 Å². The van der Waals surface area contributed by atoms with Crippen molar-refractivity contribution >= 4 is 23.0 Å². The molecule has 0 radical (unpaired) electrons. The highest BCUT2D eigenvalue weighted by Crippen LogP contribution is 2.44. The summed E-state index contributed by atoms with van der Waals surface area (Å²) in [7, 11) is 0. The van der Waals surface area contributed by atoms with Gasteiger partial charge in [0.05, 0.1) is 12.3 Å². The van der Waals surface area contributed by atoms with E-state index in [0.29, 0.717) is 23.1 Å². The van der Waals surface area contributed by atoms with Crippen molar-refractivity contribution in [2.24, 2.45) is 0 Å². The number of nitrogens with two attached hydrogens (primary N) is 1. The molecule has 1 heterocycles. The van der Waals surface area contributed by atoms with E-state index >= 15 is 0 Å². The molecule has 2 N–H and O–H groups in total. The number of aromatic nitrogens is 1. The van der Waals surface area contributed by atoms with Crippen LogP contribution in [0.5, 0.6) is 0 Å². The van der Waals surface area contributed by atoms with Crippen molar-refractivity contribution in [1.82, 2.24) is 4.98 Å². The van der Waals surface area contributed by atoms with Crippen LogP contribution in [0.15, 0.2) is 24.3 Å². The van der Waals surface area contributed by atoms with Gasteiger partial charge in [-0.3, -0.25) is 0 Å². The second-order valence-corrected chi connectivity index (χ2v) is 5.85. The van der Waals surface area contributed by atoms with Gasteiger partial charge in [-0.1, -0.05) is 12.1 Å². The van der Waals surface area contributed by atoms with Crippen LogP contribution in [0.2, 0.25) is 0 Å². The van der Waals surface area contributed by atoms with Crippen LogP contribution < -0.4 is 5.73 Å². The van der Waals surface area contributed by atoms with Crippen molar-refractivity contribution in [3.05, 3.63) is 34.8 Å². The Morgan fingerprint density at radius 3 is 2.95 bits per heavy atom. The number of carbonyl (C=O) groups is 1. The molecule has 20 heavy (non-hydrogen) atoms. The number of carbonyl (C=O) groups excluding carboxylic acids is 1. The minimum atomic E-state index is -0.262. The van der Waals surface area contributed by atoms with Gasteiger partial charge in [0.2, 0.25) is 0 Å². The monoisotopic (exact) mass is 288 g/mol. The lowest BCUT2D eigenvalue weighted by Gasteiger charge is -1.99. The van der Waals surface area contributed by atoms with Crippen LogP contribution >= 0.6 is 11.3 Å². The number of nitrogens with zero attached hydrogens (tertiary/aromatic N) is 1. The van der Waals surface area contributed by atoms with E-state index in [-0.39, 0.29) is 5.97 Å². The Morgan fingerprint density at radius 1 is 1.50 bits per heavy atom. The average molecular weight is 288 g/mol. The number of anilines is 1. The molecule has 0 spiro atoms. The number of hydrogen-bond donors (Lipinski definition) is 1. The molecule has 1 saturated carbocycles. The first-order valence-corrected chi connectivity index (χ1v) is 7.54. The number of hydrogen-bond acceptors (Lipinski definition) is 5. The number of ether oxygens (including phenoxy) is 1. The van der Waals surface area contributed by atoms with Crippen molar-refractivity contribution in [1.29, 1.82) is 0 Å². The summed E-state index contributed by atoms with van der Waals surface area (Å²) in [5.74, 6) is 0.155. The molecule has 5 heteroatoms. The van der Waals surface area contributed by atoms with E-state index < -0.39 is 0 Å². The van der Waals surface area contributed by atoms with Crippen LogP contribution in [0, 0.1) is 0 Å². The summed E-state index contributed by atoms with van der Waals surface area (Å²) in [4.78, 5) is 17.3. The maximum atomic E-state index is 12.0.